The maximum atomic E-state index is 5.73. The first kappa shape index (κ1) is 10.4. The predicted octanol–water partition coefficient (Wildman–Crippen LogP) is 1.04. The van der Waals surface area contributed by atoms with Crippen molar-refractivity contribution in [3.63, 3.8) is 0 Å². The average Bonchev–Trinajstić information content (AvgIpc) is 2.31. The van der Waals surface area contributed by atoms with Crippen LogP contribution < -0.4 is 10.6 Å². The van der Waals surface area contributed by atoms with Crippen molar-refractivity contribution in [3.8, 4) is 0 Å². The zero-order chi connectivity index (χ0) is 10.7. The summed E-state index contributed by atoms with van der Waals surface area (Å²) in [4.78, 5) is 2.31. The van der Waals surface area contributed by atoms with Crippen LogP contribution in [0.15, 0.2) is 18.3 Å². The predicted molar refractivity (Wildman–Crippen MR) is 60.6 cm³/mol. The van der Waals surface area contributed by atoms with Gasteiger partial charge in [0.2, 0.25) is 0 Å². The van der Waals surface area contributed by atoms with E-state index in [-0.39, 0.29) is 0 Å². The van der Waals surface area contributed by atoms with Crippen LogP contribution in [0, 0.1) is 5.92 Å². The van der Waals surface area contributed by atoms with Gasteiger partial charge in [0.15, 0.2) is 5.82 Å². The number of rotatable bonds is 2. The van der Waals surface area contributed by atoms with Crippen molar-refractivity contribution < 1.29 is 0 Å². The SMILES string of the molecule is CC1CCC(CN)CN1c1cccnn1. The molecular weight excluding hydrogens is 188 g/mol. The standard InChI is InChI=1S/C11H18N4/c1-9-4-5-10(7-12)8-15(9)11-3-2-6-13-14-11/h2-3,6,9-10H,4-5,7-8,12H2,1H3. The molecule has 2 heterocycles. The van der Waals surface area contributed by atoms with Crippen LogP contribution in [-0.4, -0.2) is 29.3 Å². The molecule has 0 saturated carbocycles. The molecule has 1 saturated heterocycles. The first-order chi connectivity index (χ1) is 7.31. The lowest BCUT2D eigenvalue weighted by Gasteiger charge is -2.38. The molecule has 1 aromatic rings. The van der Waals surface area contributed by atoms with Gasteiger partial charge in [0.05, 0.1) is 0 Å². The number of piperidine rings is 1. The molecule has 2 unspecified atom stereocenters. The number of anilines is 1. The summed E-state index contributed by atoms with van der Waals surface area (Å²) in [7, 11) is 0. The highest BCUT2D eigenvalue weighted by atomic mass is 15.3. The molecule has 2 N–H and O–H groups in total. The van der Waals surface area contributed by atoms with E-state index in [9.17, 15) is 0 Å². The third-order valence-corrected chi connectivity index (χ3v) is 3.17. The molecule has 1 aliphatic rings. The summed E-state index contributed by atoms with van der Waals surface area (Å²) in [5.41, 5.74) is 5.73. The minimum absolute atomic E-state index is 0.546. The van der Waals surface area contributed by atoms with E-state index in [0.717, 1.165) is 18.9 Å². The van der Waals surface area contributed by atoms with Gasteiger partial charge in [0.25, 0.3) is 0 Å². The van der Waals surface area contributed by atoms with E-state index in [2.05, 4.69) is 22.0 Å². The molecule has 4 heteroatoms. The number of aromatic nitrogens is 2. The number of hydrogen-bond donors (Lipinski definition) is 1. The Labute approximate surface area is 90.5 Å². The second-order valence-corrected chi connectivity index (χ2v) is 4.26. The van der Waals surface area contributed by atoms with Crippen LogP contribution in [-0.2, 0) is 0 Å². The summed E-state index contributed by atoms with van der Waals surface area (Å²) < 4.78 is 0. The Morgan fingerprint density at radius 1 is 1.53 bits per heavy atom. The minimum atomic E-state index is 0.546. The van der Waals surface area contributed by atoms with Gasteiger partial charge in [-0.1, -0.05) is 0 Å². The lowest BCUT2D eigenvalue weighted by molar-refractivity contribution is 0.371. The monoisotopic (exact) mass is 206 g/mol. The lowest BCUT2D eigenvalue weighted by Crippen LogP contribution is -2.44. The average molecular weight is 206 g/mol. The summed E-state index contributed by atoms with van der Waals surface area (Å²) in [5, 5.41) is 8.08. The van der Waals surface area contributed by atoms with Crippen molar-refractivity contribution in [1.82, 2.24) is 10.2 Å². The molecule has 2 rings (SSSR count). The van der Waals surface area contributed by atoms with Gasteiger partial charge >= 0.3 is 0 Å². The largest absolute Gasteiger partial charge is 0.352 e. The Morgan fingerprint density at radius 3 is 3.07 bits per heavy atom. The molecule has 82 valence electrons. The summed E-state index contributed by atoms with van der Waals surface area (Å²) in [6, 6.07) is 4.49. The zero-order valence-corrected chi connectivity index (χ0v) is 9.13. The van der Waals surface area contributed by atoms with E-state index in [1.165, 1.54) is 12.8 Å². The van der Waals surface area contributed by atoms with Gasteiger partial charge in [-0.25, -0.2) is 0 Å². The van der Waals surface area contributed by atoms with Gasteiger partial charge in [-0.2, -0.15) is 5.10 Å². The Bertz CT molecular complexity index is 301. The third-order valence-electron chi connectivity index (χ3n) is 3.17. The fraction of sp³-hybridized carbons (Fsp3) is 0.636. The fourth-order valence-corrected chi connectivity index (χ4v) is 2.14. The van der Waals surface area contributed by atoms with E-state index in [1.54, 1.807) is 6.20 Å². The van der Waals surface area contributed by atoms with Gasteiger partial charge in [-0.15, -0.1) is 5.10 Å². The second-order valence-electron chi connectivity index (χ2n) is 4.26. The van der Waals surface area contributed by atoms with Gasteiger partial charge < -0.3 is 10.6 Å². The maximum absolute atomic E-state index is 5.73. The maximum Gasteiger partial charge on any atom is 0.151 e. The number of hydrogen-bond acceptors (Lipinski definition) is 4. The molecular formula is C11H18N4. The smallest absolute Gasteiger partial charge is 0.151 e. The van der Waals surface area contributed by atoms with Crippen LogP contribution >= 0.6 is 0 Å². The van der Waals surface area contributed by atoms with Crippen molar-refractivity contribution in [1.29, 1.82) is 0 Å². The van der Waals surface area contributed by atoms with Gasteiger partial charge in [-0.3, -0.25) is 0 Å². The van der Waals surface area contributed by atoms with Crippen molar-refractivity contribution in [2.45, 2.75) is 25.8 Å². The van der Waals surface area contributed by atoms with Crippen LogP contribution in [0.25, 0.3) is 0 Å². The highest BCUT2D eigenvalue weighted by molar-refractivity contribution is 5.38. The van der Waals surface area contributed by atoms with Crippen molar-refractivity contribution in [3.05, 3.63) is 18.3 Å². The van der Waals surface area contributed by atoms with Crippen LogP contribution in [0.2, 0.25) is 0 Å². The minimum Gasteiger partial charge on any atom is -0.352 e. The van der Waals surface area contributed by atoms with Gasteiger partial charge in [0, 0.05) is 18.8 Å². The Kier molecular flexibility index (Phi) is 3.16. The van der Waals surface area contributed by atoms with Crippen LogP contribution in [0.1, 0.15) is 19.8 Å². The lowest BCUT2D eigenvalue weighted by atomic mass is 9.93. The summed E-state index contributed by atoms with van der Waals surface area (Å²) >= 11 is 0. The topological polar surface area (TPSA) is 55.0 Å². The molecule has 0 aliphatic carbocycles. The summed E-state index contributed by atoms with van der Waals surface area (Å²) in [6.45, 7) is 4.02. The third kappa shape index (κ3) is 2.26. The molecule has 1 aliphatic heterocycles. The number of nitrogens with two attached hydrogens (primary N) is 1. The highest BCUT2D eigenvalue weighted by Gasteiger charge is 2.25. The zero-order valence-electron chi connectivity index (χ0n) is 9.13. The summed E-state index contributed by atoms with van der Waals surface area (Å²) in [5.74, 6) is 1.58. The Morgan fingerprint density at radius 2 is 2.40 bits per heavy atom. The Hall–Kier alpha value is -1.16. The van der Waals surface area contributed by atoms with E-state index < -0.39 is 0 Å². The van der Waals surface area contributed by atoms with Crippen LogP contribution in [0.4, 0.5) is 5.82 Å². The molecule has 0 spiro atoms. The van der Waals surface area contributed by atoms with Gasteiger partial charge in [-0.05, 0) is 44.4 Å². The molecule has 2 atom stereocenters. The quantitative estimate of drug-likeness (QED) is 0.785. The molecule has 0 amide bonds. The highest BCUT2D eigenvalue weighted by Crippen LogP contribution is 2.24. The van der Waals surface area contributed by atoms with Gasteiger partial charge in [0.1, 0.15) is 0 Å². The van der Waals surface area contributed by atoms with Crippen LogP contribution in [0.5, 0.6) is 0 Å². The first-order valence-corrected chi connectivity index (χ1v) is 5.55. The second kappa shape index (κ2) is 4.57. The summed E-state index contributed by atoms with van der Waals surface area (Å²) in [6.07, 6.45) is 4.13. The van der Waals surface area contributed by atoms with E-state index in [4.69, 9.17) is 5.73 Å². The van der Waals surface area contributed by atoms with E-state index >= 15 is 0 Å². The van der Waals surface area contributed by atoms with E-state index in [0.29, 0.717) is 12.0 Å². The fourth-order valence-electron chi connectivity index (χ4n) is 2.14. The Balaban J connectivity index is 2.13. The first-order valence-electron chi connectivity index (χ1n) is 5.55. The van der Waals surface area contributed by atoms with Crippen molar-refractivity contribution in [2.24, 2.45) is 11.7 Å². The molecule has 4 nitrogen and oxygen atoms in total. The molecule has 0 bridgehead atoms. The number of nitrogens with zero attached hydrogens (tertiary/aromatic N) is 3. The molecule has 0 aromatic carbocycles. The molecule has 15 heavy (non-hydrogen) atoms. The normalized spacial score (nSPS) is 26.7. The van der Waals surface area contributed by atoms with Crippen molar-refractivity contribution >= 4 is 5.82 Å². The van der Waals surface area contributed by atoms with Crippen molar-refractivity contribution in [2.75, 3.05) is 18.0 Å². The van der Waals surface area contributed by atoms with E-state index in [1.807, 2.05) is 12.1 Å². The molecule has 1 aromatic heterocycles. The van der Waals surface area contributed by atoms with Crippen LogP contribution in [0.3, 0.4) is 0 Å². The molecule has 1 fully saturated rings. The molecule has 0 radical (unpaired) electrons.